The van der Waals surface area contributed by atoms with Crippen LogP contribution in [0.1, 0.15) is 33.1 Å². The smallest absolute Gasteiger partial charge is 0.0480 e. The van der Waals surface area contributed by atoms with E-state index in [2.05, 4.69) is 38.2 Å². The summed E-state index contributed by atoms with van der Waals surface area (Å²) in [7, 11) is 4.30. The predicted octanol–water partition coefficient (Wildman–Crippen LogP) is 1.73. The Kier molecular flexibility index (Phi) is 6.32. The number of rotatable bonds is 6. The molecule has 1 saturated heterocycles. The fraction of sp³-hybridized carbons (Fsp3) is 1.00. The van der Waals surface area contributed by atoms with E-state index < -0.39 is 0 Å². The zero-order chi connectivity index (χ0) is 12.0. The lowest BCUT2D eigenvalue weighted by molar-refractivity contribution is 0.0727. The third kappa shape index (κ3) is 5.83. The molecule has 0 saturated carbocycles. The molecule has 0 aromatic heterocycles. The Hall–Kier alpha value is -0.120. The Morgan fingerprint density at radius 1 is 1.25 bits per heavy atom. The SMILES string of the molecule is CC(C)CC(CN(C)C)NC1CCOCC1. The summed E-state index contributed by atoms with van der Waals surface area (Å²) < 4.78 is 5.39. The summed E-state index contributed by atoms with van der Waals surface area (Å²) in [6.45, 7) is 7.58. The Morgan fingerprint density at radius 2 is 1.88 bits per heavy atom. The number of nitrogens with zero attached hydrogens (tertiary/aromatic N) is 1. The molecule has 0 aromatic rings. The molecule has 0 aromatic carbocycles. The van der Waals surface area contributed by atoms with Crippen LogP contribution >= 0.6 is 0 Å². The molecule has 1 aliphatic heterocycles. The minimum atomic E-state index is 0.623. The lowest BCUT2D eigenvalue weighted by atomic mass is 10.0. The van der Waals surface area contributed by atoms with Crippen LogP contribution in [0, 0.1) is 5.92 Å². The average molecular weight is 228 g/mol. The number of likely N-dealkylation sites (N-methyl/N-ethyl adjacent to an activating group) is 1. The highest BCUT2D eigenvalue weighted by Crippen LogP contribution is 2.11. The maximum absolute atomic E-state index is 5.39. The van der Waals surface area contributed by atoms with Gasteiger partial charge in [0.1, 0.15) is 0 Å². The minimum absolute atomic E-state index is 0.623. The minimum Gasteiger partial charge on any atom is -0.381 e. The highest BCUT2D eigenvalue weighted by atomic mass is 16.5. The molecule has 0 spiro atoms. The van der Waals surface area contributed by atoms with E-state index in [0.717, 1.165) is 25.7 Å². The van der Waals surface area contributed by atoms with Crippen LogP contribution in [0.2, 0.25) is 0 Å². The lowest BCUT2D eigenvalue weighted by Crippen LogP contribution is -2.46. The van der Waals surface area contributed by atoms with Crippen LogP contribution in [0.15, 0.2) is 0 Å². The maximum atomic E-state index is 5.39. The Bertz CT molecular complexity index is 167. The van der Waals surface area contributed by atoms with Gasteiger partial charge in [-0.15, -0.1) is 0 Å². The standard InChI is InChI=1S/C13H28N2O/c1-11(2)9-13(10-15(3)4)14-12-5-7-16-8-6-12/h11-14H,5-10H2,1-4H3. The number of hydrogen-bond acceptors (Lipinski definition) is 3. The molecule has 1 N–H and O–H groups in total. The van der Waals surface area contributed by atoms with E-state index in [1.807, 2.05) is 0 Å². The van der Waals surface area contributed by atoms with E-state index in [-0.39, 0.29) is 0 Å². The molecule has 0 radical (unpaired) electrons. The Morgan fingerprint density at radius 3 is 2.38 bits per heavy atom. The van der Waals surface area contributed by atoms with Crippen LogP contribution in [0.25, 0.3) is 0 Å². The van der Waals surface area contributed by atoms with Crippen molar-refractivity contribution in [1.82, 2.24) is 10.2 Å². The molecule has 1 fully saturated rings. The first kappa shape index (κ1) is 13.9. The van der Waals surface area contributed by atoms with Gasteiger partial charge in [0.25, 0.3) is 0 Å². The van der Waals surface area contributed by atoms with Crippen molar-refractivity contribution in [2.45, 2.75) is 45.2 Å². The molecule has 0 amide bonds. The normalized spacial score (nSPS) is 20.6. The van der Waals surface area contributed by atoms with E-state index in [4.69, 9.17) is 4.74 Å². The van der Waals surface area contributed by atoms with Crippen molar-refractivity contribution >= 4 is 0 Å². The first-order valence-electron chi connectivity index (χ1n) is 6.56. The molecule has 1 atom stereocenters. The van der Waals surface area contributed by atoms with Crippen LogP contribution in [0.5, 0.6) is 0 Å². The van der Waals surface area contributed by atoms with Crippen LogP contribution in [-0.4, -0.2) is 50.8 Å². The van der Waals surface area contributed by atoms with Gasteiger partial charge in [0.15, 0.2) is 0 Å². The lowest BCUT2D eigenvalue weighted by Gasteiger charge is -2.31. The molecule has 1 rings (SSSR count). The fourth-order valence-corrected chi connectivity index (χ4v) is 2.40. The van der Waals surface area contributed by atoms with Crippen molar-refractivity contribution in [3.05, 3.63) is 0 Å². The monoisotopic (exact) mass is 228 g/mol. The molecule has 3 nitrogen and oxygen atoms in total. The van der Waals surface area contributed by atoms with Crippen LogP contribution < -0.4 is 5.32 Å². The summed E-state index contributed by atoms with van der Waals surface area (Å²) in [4.78, 5) is 2.28. The van der Waals surface area contributed by atoms with Crippen molar-refractivity contribution in [1.29, 1.82) is 0 Å². The molecule has 1 heterocycles. The van der Waals surface area contributed by atoms with Gasteiger partial charge in [-0.3, -0.25) is 0 Å². The maximum Gasteiger partial charge on any atom is 0.0480 e. The van der Waals surface area contributed by atoms with Crippen LogP contribution in [-0.2, 0) is 4.74 Å². The summed E-state index contributed by atoms with van der Waals surface area (Å²) in [5.41, 5.74) is 0. The van der Waals surface area contributed by atoms with Gasteiger partial charge in [-0.1, -0.05) is 13.8 Å². The zero-order valence-electron chi connectivity index (χ0n) is 11.3. The van der Waals surface area contributed by atoms with Crippen molar-refractivity contribution in [3.8, 4) is 0 Å². The van der Waals surface area contributed by atoms with Gasteiger partial charge in [0, 0.05) is 31.8 Å². The molecule has 16 heavy (non-hydrogen) atoms. The number of nitrogens with one attached hydrogen (secondary N) is 1. The molecule has 0 bridgehead atoms. The molecule has 96 valence electrons. The largest absolute Gasteiger partial charge is 0.381 e. The van der Waals surface area contributed by atoms with Crippen molar-refractivity contribution in [2.24, 2.45) is 5.92 Å². The van der Waals surface area contributed by atoms with Crippen molar-refractivity contribution < 1.29 is 4.74 Å². The molecule has 1 aliphatic rings. The van der Waals surface area contributed by atoms with Gasteiger partial charge in [-0.2, -0.15) is 0 Å². The third-order valence-electron chi connectivity index (χ3n) is 3.03. The summed E-state index contributed by atoms with van der Waals surface area (Å²) in [6, 6.07) is 1.29. The predicted molar refractivity (Wildman–Crippen MR) is 68.8 cm³/mol. The van der Waals surface area contributed by atoms with Gasteiger partial charge < -0.3 is 15.0 Å². The quantitative estimate of drug-likeness (QED) is 0.749. The van der Waals surface area contributed by atoms with E-state index in [1.54, 1.807) is 0 Å². The van der Waals surface area contributed by atoms with Crippen LogP contribution in [0.3, 0.4) is 0 Å². The molecule has 1 unspecified atom stereocenters. The van der Waals surface area contributed by atoms with E-state index >= 15 is 0 Å². The van der Waals surface area contributed by atoms with Gasteiger partial charge in [0.05, 0.1) is 0 Å². The van der Waals surface area contributed by atoms with Crippen molar-refractivity contribution in [3.63, 3.8) is 0 Å². The first-order chi connectivity index (χ1) is 7.58. The van der Waals surface area contributed by atoms with Gasteiger partial charge in [-0.05, 0) is 39.3 Å². The van der Waals surface area contributed by atoms with E-state index in [1.165, 1.54) is 19.3 Å². The van der Waals surface area contributed by atoms with Crippen molar-refractivity contribution in [2.75, 3.05) is 33.9 Å². The second-order valence-electron chi connectivity index (χ2n) is 5.64. The summed E-state index contributed by atoms with van der Waals surface area (Å²) in [5.74, 6) is 0.761. The Balaban J connectivity index is 2.35. The second-order valence-corrected chi connectivity index (χ2v) is 5.64. The zero-order valence-corrected chi connectivity index (χ0v) is 11.3. The summed E-state index contributed by atoms with van der Waals surface area (Å²) in [6.07, 6.45) is 3.60. The average Bonchev–Trinajstić information content (AvgIpc) is 2.16. The highest BCUT2D eigenvalue weighted by Gasteiger charge is 2.19. The van der Waals surface area contributed by atoms with Gasteiger partial charge >= 0.3 is 0 Å². The topological polar surface area (TPSA) is 24.5 Å². The van der Waals surface area contributed by atoms with E-state index in [9.17, 15) is 0 Å². The molecular weight excluding hydrogens is 200 g/mol. The number of hydrogen-bond donors (Lipinski definition) is 1. The fourth-order valence-electron chi connectivity index (χ4n) is 2.40. The summed E-state index contributed by atoms with van der Waals surface area (Å²) >= 11 is 0. The van der Waals surface area contributed by atoms with E-state index in [0.29, 0.717) is 12.1 Å². The molecule has 0 aliphatic carbocycles. The summed E-state index contributed by atoms with van der Waals surface area (Å²) in [5, 5.41) is 3.80. The molecule has 3 heteroatoms. The highest BCUT2D eigenvalue weighted by molar-refractivity contribution is 4.78. The number of ether oxygens (including phenoxy) is 1. The third-order valence-corrected chi connectivity index (χ3v) is 3.03. The first-order valence-corrected chi connectivity index (χ1v) is 6.56. The van der Waals surface area contributed by atoms with Gasteiger partial charge in [0.2, 0.25) is 0 Å². The Labute approximate surface area is 101 Å². The second kappa shape index (κ2) is 7.25. The van der Waals surface area contributed by atoms with Gasteiger partial charge in [-0.25, -0.2) is 0 Å². The van der Waals surface area contributed by atoms with Crippen LogP contribution in [0.4, 0.5) is 0 Å². The molecular formula is C13H28N2O.